The molecule has 0 bridgehead atoms. The van der Waals surface area contributed by atoms with Crippen molar-refractivity contribution >= 4 is 27.3 Å². The molecule has 130 valence electrons. The lowest BCUT2D eigenvalue weighted by Crippen LogP contribution is -2.29. The standard InChI is InChI=1S/C14H19N5O3S2/c1-10-15-8-13(23-10)14(20)16-7-11-6-12-9-18(24(2,21)22)4-3-5-19(12)17-11/h6,8H,3-5,7,9H2,1-2H3,(H,16,20). The number of hydrogen-bond acceptors (Lipinski definition) is 6. The molecule has 0 fully saturated rings. The predicted molar refractivity (Wildman–Crippen MR) is 90.1 cm³/mol. The Morgan fingerprint density at radius 3 is 2.88 bits per heavy atom. The van der Waals surface area contributed by atoms with E-state index in [1.54, 1.807) is 6.20 Å². The van der Waals surface area contributed by atoms with Crippen molar-refractivity contribution in [2.75, 3.05) is 12.8 Å². The minimum absolute atomic E-state index is 0.179. The van der Waals surface area contributed by atoms with Crippen LogP contribution in [-0.2, 0) is 29.7 Å². The van der Waals surface area contributed by atoms with Crippen LogP contribution in [-0.4, -0.2) is 46.2 Å². The molecule has 2 aromatic rings. The zero-order valence-corrected chi connectivity index (χ0v) is 15.2. The van der Waals surface area contributed by atoms with E-state index in [1.165, 1.54) is 21.9 Å². The first-order chi connectivity index (χ1) is 11.3. The number of amides is 1. The van der Waals surface area contributed by atoms with Gasteiger partial charge in [0.15, 0.2) is 0 Å². The summed E-state index contributed by atoms with van der Waals surface area (Å²) in [5, 5.41) is 8.13. The molecule has 0 spiro atoms. The van der Waals surface area contributed by atoms with Crippen molar-refractivity contribution in [1.29, 1.82) is 0 Å². The Kier molecular flexibility index (Phi) is 4.70. The van der Waals surface area contributed by atoms with Gasteiger partial charge in [0.2, 0.25) is 10.0 Å². The summed E-state index contributed by atoms with van der Waals surface area (Å²) in [4.78, 5) is 16.7. The van der Waals surface area contributed by atoms with Crippen molar-refractivity contribution in [2.24, 2.45) is 0 Å². The number of aromatic nitrogens is 3. The maximum Gasteiger partial charge on any atom is 0.263 e. The van der Waals surface area contributed by atoms with E-state index in [-0.39, 0.29) is 5.91 Å². The van der Waals surface area contributed by atoms with Crippen molar-refractivity contribution in [3.63, 3.8) is 0 Å². The molecule has 0 radical (unpaired) electrons. The van der Waals surface area contributed by atoms with E-state index in [1.807, 2.05) is 17.7 Å². The smallest absolute Gasteiger partial charge is 0.263 e. The van der Waals surface area contributed by atoms with Crippen LogP contribution in [0.3, 0.4) is 0 Å². The largest absolute Gasteiger partial charge is 0.346 e. The van der Waals surface area contributed by atoms with E-state index in [0.29, 0.717) is 37.5 Å². The van der Waals surface area contributed by atoms with E-state index in [2.05, 4.69) is 15.4 Å². The molecule has 0 aliphatic carbocycles. The van der Waals surface area contributed by atoms with Crippen molar-refractivity contribution in [2.45, 2.75) is 33.0 Å². The van der Waals surface area contributed by atoms with Gasteiger partial charge in [0.25, 0.3) is 5.91 Å². The number of nitrogens with one attached hydrogen (secondary N) is 1. The summed E-state index contributed by atoms with van der Waals surface area (Å²) in [5.41, 5.74) is 1.56. The molecule has 3 rings (SSSR count). The number of sulfonamides is 1. The Hall–Kier alpha value is -1.78. The molecule has 0 atom stereocenters. The van der Waals surface area contributed by atoms with E-state index < -0.39 is 10.0 Å². The number of fused-ring (bicyclic) bond motifs is 1. The van der Waals surface area contributed by atoms with Gasteiger partial charge in [0.1, 0.15) is 4.88 Å². The predicted octanol–water partition coefficient (Wildman–Crippen LogP) is 0.743. The number of rotatable bonds is 4. The number of thiazole rings is 1. The summed E-state index contributed by atoms with van der Waals surface area (Å²) < 4.78 is 26.8. The first-order valence-corrected chi connectivity index (χ1v) is 10.2. The van der Waals surface area contributed by atoms with Crippen LogP contribution in [0.15, 0.2) is 12.3 Å². The lowest BCUT2D eigenvalue weighted by atomic mass is 10.3. The average molecular weight is 369 g/mol. The monoisotopic (exact) mass is 369 g/mol. The first-order valence-electron chi connectivity index (χ1n) is 7.54. The molecule has 1 aliphatic heterocycles. The quantitative estimate of drug-likeness (QED) is 0.857. The molecular formula is C14H19N5O3S2. The van der Waals surface area contributed by atoms with Crippen molar-refractivity contribution in [1.82, 2.24) is 24.4 Å². The Bertz CT molecular complexity index is 856. The number of hydrogen-bond donors (Lipinski definition) is 1. The molecule has 0 unspecified atom stereocenters. The first kappa shape index (κ1) is 17.1. The number of aryl methyl sites for hydroxylation is 2. The molecule has 2 aromatic heterocycles. The van der Waals surface area contributed by atoms with E-state index in [0.717, 1.165) is 16.4 Å². The molecular weight excluding hydrogens is 350 g/mol. The van der Waals surface area contributed by atoms with Gasteiger partial charge in [-0.3, -0.25) is 9.48 Å². The molecule has 0 saturated heterocycles. The van der Waals surface area contributed by atoms with Crippen molar-refractivity contribution in [3.05, 3.63) is 33.5 Å². The van der Waals surface area contributed by atoms with Crippen LogP contribution >= 0.6 is 11.3 Å². The van der Waals surface area contributed by atoms with Crippen LogP contribution in [0.25, 0.3) is 0 Å². The highest BCUT2D eigenvalue weighted by molar-refractivity contribution is 7.88. The molecule has 3 heterocycles. The SMILES string of the molecule is Cc1ncc(C(=O)NCc2cc3n(n2)CCCN(S(C)(=O)=O)C3)s1. The second-order valence-corrected chi connectivity index (χ2v) is 8.94. The molecule has 24 heavy (non-hydrogen) atoms. The zero-order chi connectivity index (χ0) is 17.3. The van der Waals surface area contributed by atoms with Crippen LogP contribution in [0, 0.1) is 6.92 Å². The molecule has 1 amide bonds. The van der Waals surface area contributed by atoms with Gasteiger partial charge in [0.05, 0.1) is 41.9 Å². The topological polar surface area (TPSA) is 97.2 Å². The molecule has 8 nitrogen and oxygen atoms in total. The molecule has 0 saturated carbocycles. The Labute approximate surface area is 144 Å². The summed E-state index contributed by atoms with van der Waals surface area (Å²) in [6.45, 7) is 3.63. The Morgan fingerprint density at radius 1 is 1.42 bits per heavy atom. The van der Waals surface area contributed by atoms with Gasteiger partial charge < -0.3 is 5.32 Å². The van der Waals surface area contributed by atoms with Crippen LogP contribution in [0.2, 0.25) is 0 Å². The minimum atomic E-state index is -3.23. The third-order valence-electron chi connectivity index (χ3n) is 3.77. The van der Waals surface area contributed by atoms with Gasteiger partial charge in [-0.25, -0.2) is 13.4 Å². The fourth-order valence-corrected chi connectivity index (χ4v) is 4.11. The summed E-state index contributed by atoms with van der Waals surface area (Å²) in [5.74, 6) is -0.179. The van der Waals surface area contributed by atoms with Crippen LogP contribution in [0.1, 0.15) is 32.5 Å². The van der Waals surface area contributed by atoms with Crippen molar-refractivity contribution < 1.29 is 13.2 Å². The lowest BCUT2D eigenvalue weighted by molar-refractivity contribution is 0.0954. The minimum Gasteiger partial charge on any atom is -0.346 e. The fourth-order valence-electron chi connectivity index (χ4n) is 2.59. The highest BCUT2D eigenvalue weighted by Gasteiger charge is 2.22. The van der Waals surface area contributed by atoms with E-state index in [4.69, 9.17) is 0 Å². The zero-order valence-electron chi connectivity index (χ0n) is 13.5. The van der Waals surface area contributed by atoms with Gasteiger partial charge in [-0.1, -0.05) is 0 Å². The van der Waals surface area contributed by atoms with Crippen LogP contribution < -0.4 is 5.32 Å². The number of carbonyl (C=O) groups is 1. The van der Waals surface area contributed by atoms with Gasteiger partial charge in [-0.15, -0.1) is 11.3 Å². The highest BCUT2D eigenvalue weighted by Crippen LogP contribution is 2.16. The highest BCUT2D eigenvalue weighted by atomic mass is 32.2. The van der Waals surface area contributed by atoms with Gasteiger partial charge in [-0.2, -0.15) is 9.40 Å². The lowest BCUT2D eigenvalue weighted by Gasteiger charge is -2.16. The van der Waals surface area contributed by atoms with E-state index in [9.17, 15) is 13.2 Å². The number of nitrogens with zero attached hydrogens (tertiary/aromatic N) is 4. The summed E-state index contributed by atoms with van der Waals surface area (Å²) in [6.07, 6.45) is 3.49. The third kappa shape index (κ3) is 3.82. The van der Waals surface area contributed by atoms with Crippen molar-refractivity contribution in [3.8, 4) is 0 Å². The van der Waals surface area contributed by atoms with Gasteiger partial charge >= 0.3 is 0 Å². The Balaban J connectivity index is 1.68. The average Bonchev–Trinajstić information content (AvgIpc) is 3.04. The maximum absolute atomic E-state index is 12.1. The second-order valence-electron chi connectivity index (χ2n) is 5.73. The number of carbonyl (C=O) groups excluding carboxylic acids is 1. The van der Waals surface area contributed by atoms with Gasteiger partial charge in [-0.05, 0) is 19.4 Å². The normalized spacial score (nSPS) is 15.8. The second kappa shape index (κ2) is 6.61. The van der Waals surface area contributed by atoms with Crippen LogP contribution in [0.5, 0.6) is 0 Å². The molecule has 1 aliphatic rings. The van der Waals surface area contributed by atoms with Crippen LogP contribution in [0.4, 0.5) is 0 Å². The summed E-state index contributed by atoms with van der Waals surface area (Å²) >= 11 is 1.34. The summed E-state index contributed by atoms with van der Waals surface area (Å²) in [6, 6.07) is 1.85. The molecule has 1 N–H and O–H groups in total. The molecule has 0 aromatic carbocycles. The van der Waals surface area contributed by atoms with E-state index >= 15 is 0 Å². The molecule has 10 heteroatoms. The Morgan fingerprint density at radius 2 is 2.21 bits per heavy atom. The van der Waals surface area contributed by atoms with Gasteiger partial charge in [0, 0.05) is 13.1 Å². The summed E-state index contributed by atoms with van der Waals surface area (Å²) in [7, 11) is -3.23. The fraction of sp³-hybridized carbons (Fsp3) is 0.500. The maximum atomic E-state index is 12.1. The third-order valence-corrected chi connectivity index (χ3v) is 5.94.